The summed E-state index contributed by atoms with van der Waals surface area (Å²) in [7, 11) is 1.66. The van der Waals surface area contributed by atoms with Crippen LogP contribution in [0.25, 0.3) is 0 Å². The number of ether oxygens (including phenoxy) is 1. The van der Waals surface area contributed by atoms with Crippen molar-refractivity contribution in [2.24, 2.45) is 0 Å². The Labute approximate surface area is 123 Å². The van der Waals surface area contributed by atoms with E-state index in [-0.39, 0.29) is 0 Å². The van der Waals surface area contributed by atoms with Gasteiger partial charge in [0, 0.05) is 18.3 Å². The Morgan fingerprint density at radius 2 is 1.95 bits per heavy atom. The zero-order valence-electron chi connectivity index (χ0n) is 11.4. The lowest BCUT2D eigenvalue weighted by atomic mass is 9.94. The fourth-order valence-electron chi connectivity index (χ4n) is 2.60. The number of benzene rings is 1. The second kappa shape index (κ2) is 6.62. The molecule has 0 amide bonds. The molecule has 2 N–H and O–H groups in total. The lowest BCUT2D eigenvalue weighted by molar-refractivity contribution is 0.0381. The second-order valence-corrected chi connectivity index (χ2v) is 6.20. The van der Waals surface area contributed by atoms with Crippen molar-refractivity contribution in [2.45, 2.75) is 44.1 Å². The quantitative estimate of drug-likeness (QED) is 0.822. The maximum Gasteiger partial charge on any atom is 0.135 e. The van der Waals surface area contributed by atoms with Gasteiger partial charge in [-0.2, -0.15) is 0 Å². The Balaban J connectivity index is 1.97. The molecule has 1 aliphatic rings. The van der Waals surface area contributed by atoms with Crippen LogP contribution in [0.2, 0.25) is 0 Å². The number of halogens is 1. The predicted molar refractivity (Wildman–Crippen MR) is 81.8 cm³/mol. The first-order valence-electron chi connectivity index (χ1n) is 6.93. The van der Waals surface area contributed by atoms with Crippen LogP contribution < -0.4 is 10.1 Å². The molecule has 0 bridgehead atoms. The molecular formula is C15H22BrNO2. The van der Waals surface area contributed by atoms with Gasteiger partial charge in [0.15, 0.2) is 0 Å². The van der Waals surface area contributed by atoms with E-state index in [0.717, 1.165) is 41.6 Å². The van der Waals surface area contributed by atoms with E-state index in [4.69, 9.17) is 4.74 Å². The number of methoxy groups -OCH3 is 1. The molecule has 1 aromatic rings. The normalized spacial score (nSPS) is 18.7. The van der Waals surface area contributed by atoms with E-state index in [1.807, 2.05) is 18.2 Å². The molecule has 1 aliphatic carbocycles. The van der Waals surface area contributed by atoms with Crippen LogP contribution in [0.1, 0.15) is 38.5 Å². The lowest BCUT2D eigenvalue weighted by Crippen LogP contribution is -2.36. The topological polar surface area (TPSA) is 41.5 Å². The van der Waals surface area contributed by atoms with Crippen molar-refractivity contribution in [1.29, 1.82) is 0 Å². The standard InChI is InChI=1S/C15H22BrNO2/c1-19-14-10-12(6-7-13(14)16)17-11-15(18)8-4-2-3-5-9-15/h6-7,10,17-18H,2-5,8-9,11H2,1H3. The van der Waals surface area contributed by atoms with Gasteiger partial charge in [-0.1, -0.05) is 25.7 Å². The minimum Gasteiger partial charge on any atom is -0.495 e. The van der Waals surface area contributed by atoms with Crippen molar-refractivity contribution in [3.05, 3.63) is 22.7 Å². The molecule has 1 aromatic carbocycles. The third-order valence-electron chi connectivity index (χ3n) is 3.81. The molecule has 1 saturated carbocycles. The summed E-state index contributed by atoms with van der Waals surface area (Å²) in [5, 5.41) is 13.9. The molecule has 0 aliphatic heterocycles. The first kappa shape index (κ1) is 14.7. The van der Waals surface area contributed by atoms with Crippen LogP contribution in [0.5, 0.6) is 5.75 Å². The first-order valence-corrected chi connectivity index (χ1v) is 7.72. The van der Waals surface area contributed by atoms with Crippen molar-refractivity contribution in [1.82, 2.24) is 0 Å². The number of hydrogen-bond donors (Lipinski definition) is 2. The smallest absolute Gasteiger partial charge is 0.135 e. The van der Waals surface area contributed by atoms with E-state index in [9.17, 15) is 5.11 Å². The molecule has 2 rings (SSSR count). The zero-order valence-corrected chi connectivity index (χ0v) is 13.0. The number of nitrogens with one attached hydrogen (secondary N) is 1. The minimum atomic E-state index is -0.559. The molecule has 19 heavy (non-hydrogen) atoms. The van der Waals surface area contributed by atoms with Gasteiger partial charge >= 0.3 is 0 Å². The van der Waals surface area contributed by atoms with Crippen LogP contribution in [0.4, 0.5) is 5.69 Å². The summed E-state index contributed by atoms with van der Waals surface area (Å²) in [4.78, 5) is 0. The fraction of sp³-hybridized carbons (Fsp3) is 0.600. The van der Waals surface area contributed by atoms with Gasteiger partial charge in [0.05, 0.1) is 17.2 Å². The highest BCUT2D eigenvalue weighted by Gasteiger charge is 2.27. The SMILES string of the molecule is COc1cc(NCC2(O)CCCCCC2)ccc1Br. The number of rotatable bonds is 4. The van der Waals surface area contributed by atoms with Crippen molar-refractivity contribution < 1.29 is 9.84 Å². The average Bonchev–Trinajstić information content (AvgIpc) is 2.63. The zero-order chi connectivity index (χ0) is 13.7. The molecule has 0 unspecified atom stereocenters. The van der Waals surface area contributed by atoms with E-state index >= 15 is 0 Å². The first-order chi connectivity index (χ1) is 9.13. The monoisotopic (exact) mass is 327 g/mol. The van der Waals surface area contributed by atoms with Gasteiger partial charge in [0.2, 0.25) is 0 Å². The van der Waals surface area contributed by atoms with E-state index < -0.39 is 5.60 Å². The van der Waals surface area contributed by atoms with Gasteiger partial charge in [0.1, 0.15) is 5.75 Å². The van der Waals surface area contributed by atoms with Crippen molar-refractivity contribution in [3.8, 4) is 5.75 Å². The number of hydrogen-bond acceptors (Lipinski definition) is 3. The Bertz CT molecular complexity index is 415. The highest BCUT2D eigenvalue weighted by atomic mass is 79.9. The molecule has 106 valence electrons. The van der Waals surface area contributed by atoms with Gasteiger partial charge in [-0.15, -0.1) is 0 Å². The maximum absolute atomic E-state index is 10.6. The molecule has 0 heterocycles. The van der Waals surface area contributed by atoms with Gasteiger partial charge in [-0.3, -0.25) is 0 Å². The summed E-state index contributed by atoms with van der Waals surface area (Å²) in [5.41, 5.74) is 0.425. The number of anilines is 1. The lowest BCUT2D eigenvalue weighted by Gasteiger charge is -2.27. The highest BCUT2D eigenvalue weighted by Crippen LogP contribution is 2.30. The van der Waals surface area contributed by atoms with Gasteiger partial charge in [-0.05, 0) is 40.9 Å². The summed E-state index contributed by atoms with van der Waals surface area (Å²) >= 11 is 3.44. The van der Waals surface area contributed by atoms with E-state index in [0.29, 0.717) is 6.54 Å². The Morgan fingerprint density at radius 3 is 2.58 bits per heavy atom. The molecule has 0 spiro atoms. The van der Waals surface area contributed by atoms with Gasteiger partial charge in [0.25, 0.3) is 0 Å². The Hall–Kier alpha value is -0.740. The highest BCUT2D eigenvalue weighted by molar-refractivity contribution is 9.10. The molecule has 0 aromatic heterocycles. The van der Waals surface area contributed by atoms with Crippen LogP contribution in [-0.2, 0) is 0 Å². The van der Waals surface area contributed by atoms with E-state index in [2.05, 4.69) is 21.2 Å². The third-order valence-corrected chi connectivity index (χ3v) is 4.46. The molecule has 0 atom stereocenters. The van der Waals surface area contributed by atoms with Crippen LogP contribution in [0.15, 0.2) is 22.7 Å². The summed E-state index contributed by atoms with van der Waals surface area (Å²) in [6.07, 6.45) is 6.54. The molecule has 3 nitrogen and oxygen atoms in total. The molecule has 1 fully saturated rings. The minimum absolute atomic E-state index is 0.559. The van der Waals surface area contributed by atoms with Crippen LogP contribution >= 0.6 is 15.9 Å². The fourth-order valence-corrected chi connectivity index (χ4v) is 3.01. The summed E-state index contributed by atoms with van der Waals surface area (Å²) in [6.45, 7) is 0.609. The van der Waals surface area contributed by atoms with Crippen molar-refractivity contribution >= 4 is 21.6 Å². The van der Waals surface area contributed by atoms with Crippen molar-refractivity contribution in [3.63, 3.8) is 0 Å². The Morgan fingerprint density at radius 1 is 1.26 bits per heavy atom. The largest absolute Gasteiger partial charge is 0.495 e. The number of aliphatic hydroxyl groups is 1. The van der Waals surface area contributed by atoms with E-state index in [1.165, 1.54) is 12.8 Å². The molecule has 0 radical (unpaired) electrons. The van der Waals surface area contributed by atoms with Gasteiger partial charge < -0.3 is 15.2 Å². The molecular weight excluding hydrogens is 306 g/mol. The summed E-state index contributed by atoms with van der Waals surface area (Å²) in [6, 6.07) is 5.90. The maximum atomic E-state index is 10.6. The predicted octanol–water partition coefficient (Wildman–Crippen LogP) is 3.95. The van der Waals surface area contributed by atoms with Crippen LogP contribution in [-0.4, -0.2) is 24.4 Å². The second-order valence-electron chi connectivity index (χ2n) is 5.34. The molecule has 4 heteroatoms. The average molecular weight is 328 g/mol. The third kappa shape index (κ3) is 4.11. The summed E-state index contributed by atoms with van der Waals surface area (Å²) < 4.78 is 6.21. The van der Waals surface area contributed by atoms with Gasteiger partial charge in [-0.25, -0.2) is 0 Å². The van der Waals surface area contributed by atoms with Crippen LogP contribution in [0, 0.1) is 0 Å². The van der Waals surface area contributed by atoms with Crippen LogP contribution in [0.3, 0.4) is 0 Å². The molecule has 0 saturated heterocycles. The van der Waals surface area contributed by atoms with Crippen molar-refractivity contribution in [2.75, 3.05) is 19.0 Å². The van der Waals surface area contributed by atoms with E-state index in [1.54, 1.807) is 7.11 Å². The summed E-state index contributed by atoms with van der Waals surface area (Å²) in [5.74, 6) is 0.804. The Kier molecular flexibility index (Phi) is 5.11.